The third-order valence-corrected chi connectivity index (χ3v) is 2.33. The largest absolute Gasteiger partial charge is 0.344 e. The molecule has 0 heterocycles. The summed E-state index contributed by atoms with van der Waals surface area (Å²) in [4.78, 5) is 21.8. The van der Waals surface area contributed by atoms with Crippen molar-refractivity contribution >= 4 is 27.6 Å². The van der Waals surface area contributed by atoms with Crippen molar-refractivity contribution in [3.8, 4) is 0 Å². The van der Waals surface area contributed by atoms with E-state index >= 15 is 0 Å². The zero-order chi connectivity index (χ0) is 8.48. The van der Waals surface area contributed by atoms with Crippen LogP contribution in [0.3, 0.4) is 0 Å². The highest BCUT2D eigenvalue weighted by molar-refractivity contribution is 9.09. The van der Waals surface area contributed by atoms with E-state index in [4.69, 9.17) is 0 Å². The molecule has 1 N–H and O–H groups in total. The quantitative estimate of drug-likeness (QED) is 0.708. The molecule has 1 rings (SSSR count). The van der Waals surface area contributed by atoms with Crippen molar-refractivity contribution < 1.29 is 9.59 Å². The first kappa shape index (κ1) is 8.71. The van der Waals surface area contributed by atoms with Crippen molar-refractivity contribution in [2.45, 2.75) is 25.3 Å². The maximum atomic E-state index is 11.2. The van der Waals surface area contributed by atoms with Gasteiger partial charge in [0.05, 0.1) is 10.9 Å². The number of carbonyl (C=O) groups is 2. The summed E-state index contributed by atoms with van der Waals surface area (Å²) in [5.41, 5.74) is -0.505. The van der Waals surface area contributed by atoms with Crippen LogP contribution in [0.4, 0.5) is 0 Å². The third-order valence-electron chi connectivity index (χ3n) is 1.82. The fourth-order valence-electron chi connectivity index (χ4n) is 1.06. The summed E-state index contributed by atoms with van der Waals surface area (Å²) in [6.45, 7) is 1.43. The number of hydrogen-bond acceptors (Lipinski definition) is 2. The molecule has 0 radical (unpaired) electrons. The van der Waals surface area contributed by atoms with Crippen molar-refractivity contribution in [2.75, 3.05) is 5.33 Å². The van der Waals surface area contributed by atoms with Crippen LogP contribution in [0, 0.1) is 0 Å². The SMILES string of the molecule is CC(=O)NC1(C(=O)CBr)CC1. The molecule has 1 saturated carbocycles. The number of Topliss-reactive ketones (excluding diaryl/α,β-unsaturated/α-hetero) is 1. The molecule has 3 nitrogen and oxygen atoms in total. The second-order valence-electron chi connectivity index (χ2n) is 2.82. The predicted molar refractivity (Wildman–Crippen MR) is 44.6 cm³/mol. The number of ketones is 1. The number of alkyl halides is 1. The molecule has 1 aliphatic rings. The molecular weight excluding hydrogens is 210 g/mol. The Kier molecular flexibility index (Phi) is 2.32. The van der Waals surface area contributed by atoms with Gasteiger partial charge in [-0.3, -0.25) is 9.59 Å². The minimum Gasteiger partial charge on any atom is -0.344 e. The average Bonchev–Trinajstić information content (AvgIpc) is 2.67. The monoisotopic (exact) mass is 219 g/mol. The van der Waals surface area contributed by atoms with E-state index in [0.29, 0.717) is 5.33 Å². The van der Waals surface area contributed by atoms with Gasteiger partial charge in [-0.15, -0.1) is 0 Å². The van der Waals surface area contributed by atoms with Gasteiger partial charge in [-0.1, -0.05) is 15.9 Å². The summed E-state index contributed by atoms with van der Waals surface area (Å²) in [5.74, 6) is -0.0514. The number of nitrogens with one attached hydrogen (secondary N) is 1. The molecule has 62 valence electrons. The average molecular weight is 220 g/mol. The Morgan fingerprint density at radius 3 is 2.36 bits per heavy atom. The Balaban J connectivity index is 2.53. The lowest BCUT2D eigenvalue weighted by molar-refractivity contribution is -0.126. The molecule has 0 aromatic heterocycles. The first-order valence-corrected chi connectivity index (χ1v) is 4.61. The number of carbonyl (C=O) groups excluding carboxylic acids is 2. The van der Waals surface area contributed by atoms with Gasteiger partial charge in [-0.2, -0.15) is 0 Å². The smallest absolute Gasteiger partial charge is 0.217 e. The Hall–Kier alpha value is -0.380. The molecule has 1 amide bonds. The lowest BCUT2D eigenvalue weighted by Gasteiger charge is -2.12. The van der Waals surface area contributed by atoms with E-state index in [9.17, 15) is 9.59 Å². The van der Waals surface area contributed by atoms with Crippen LogP contribution in [-0.4, -0.2) is 22.6 Å². The van der Waals surface area contributed by atoms with Crippen LogP contribution in [0.5, 0.6) is 0 Å². The van der Waals surface area contributed by atoms with Crippen LogP contribution in [0.15, 0.2) is 0 Å². The highest BCUT2D eigenvalue weighted by atomic mass is 79.9. The first-order valence-electron chi connectivity index (χ1n) is 3.49. The highest BCUT2D eigenvalue weighted by Gasteiger charge is 2.49. The van der Waals surface area contributed by atoms with Crippen molar-refractivity contribution in [3.05, 3.63) is 0 Å². The zero-order valence-corrected chi connectivity index (χ0v) is 7.90. The highest BCUT2D eigenvalue weighted by Crippen LogP contribution is 2.36. The van der Waals surface area contributed by atoms with Crippen LogP contribution in [0.25, 0.3) is 0 Å². The zero-order valence-electron chi connectivity index (χ0n) is 6.32. The molecule has 1 fully saturated rings. The summed E-state index contributed by atoms with van der Waals surface area (Å²) in [6, 6.07) is 0. The molecule has 0 atom stereocenters. The Labute approximate surface area is 73.7 Å². The van der Waals surface area contributed by atoms with Crippen molar-refractivity contribution in [1.29, 1.82) is 0 Å². The molecule has 11 heavy (non-hydrogen) atoms. The van der Waals surface area contributed by atoms with Crippen molar-refractivity contribution in [2.24, 2.45) is 0 Å². The van der Waals surface area contributed by atoms with Gasteiger partial charge in [0, 0.05) is 6.92 Å². The predicted octanol–water partition coefficient (Wildman–Crippen LogP) is 0.619. The molecule has 0 aromatic rings. The number of amides is 1. The summed E-state index contributed by atoms with van der Waals surface area (Å²) in [6.07, 6.45) is 1.58. The van der Waals surface area contributed by atoms with E-state index < -0.39 is 5.54 Å². The van der Waals surface area contributed by atoms with Gasteiger partial charge in [0.1, 0.15) is 0 Å². The Bertz CT molecular complexity index is 199. The van der Waals surface area contributed by atoms with E-state index in [0.717, 1.165) is 12.8 Å². The van der Waals surface area contributed by atoms with Gasteiger partial charge in [0.2, 0.25) is 5.91 Å². The summed E-state index contributed by atoms with van der Waals surface area (Å²) in [7, 11) is 0. The lowest BCUT2D eigenvalue weighted by atomic mass is 10.2. The second-order valence-corrected chi connectivity index (χ2v) is 3.38. The normalized spacial score (nSPS) is 19.1. The topological polar surface area (TPSA) is 46.2 Å². The fourth-order valence-corrected chi connectivity index (χ4v) is 1.60. The summed E-state index contributed by atoms with van der Waals surface area (Å²) < 4.78 is 0. The maximum Gasteiger partial charge on any atom is 0.217 e. The molecule has 0 aromatic carbocycles. The van der Waals surface area contributed by atoms with Gasteiger partial charge < -0.3 is 5.32 Å². The molecular formula is C7H10BrNO2. The van der Waals surface area contributed by atoms with Crippen molar-refractivity contribution in [3.63, 3.8) is 0 Å². The minimum atomic E-state index is -0.505. The van der Waals surface area contributed by atoms with E-state index in [2.05, 4.69) is 21.2 Å². The first-order chi connectivity index (χ1) is 5.10. The number of rotatable bonds is 3. The molecule has 0 unspecified atom stereocenters. The van der Waals surface area contributed by atoms with Gasteiger partial charge in [-0.05, 0) is 12.8 Å². The van der Waals surface area contributed by atoms with Gasteiger partial charge in [-0.25, -0.2) is 0 Å². The Morgan fingerprint density at radius 2 is 2.09 bits per heavy atom. The van der Waals surface area contributed by atoms with Crippen LogP contribution in [0.2, 0.25) is 0 Å². The van der Waals surface area contributed by atoms with E-state index in [1.54, 1.807) is 0 Å². The molecule has 0 bridgehead atoms. The van der Waals surface area contributed by atoms with E-state index in [1.807, 2.05) is 0 Å². The van der Waals surface area contributed by atoms with Crippen LogP contribution in [0.1, 0.15) is 19.8 Å². The third kappa shape index (κ3) is 1.80. The van der Waals surface area contributed by atoms with Gasteiger partial charge >= 0.3 is 0 Å². The van der Waals surface area contributed by atoms with Crippen LogP contribution in [-0.2, 0) is 9.59 Å². The van der Waals surface area contributed by atoms with E-state index in [-0.39, 0.29) is 11.7 Å². The molecule has 4 heteroatoms. The minimum absolute atomic E-state index is 0.0766. The van der Waals surface area contributed by atoms with E-state index in [1.165, 1.54) is 6.92 Å². The number of hydrogen-bond donors (Lipinski definition) is 1. The van der Waals surface area contributed by atoms with Crippen LogP contribution < -0.4 is 5.32 Å². The molecule has 0 saturated heterocycles. The van der Waals surface area contributed by atoms with Gasteiger partial charge in [0.25, 0.3) is 0 Å². The molecule has 1 aliphatic carbocycles. The molecule has 0 aliphatic heterocycles. The maximum absolute atomic E-state index is 11.2. The second kappa shape index (κ2) is 2.93. The standard InChI is InChI=1S/C7H10BrNO2/c1-5(10)9-7(2-3-7)6(11)4-8/h2-4H2,1H3,(H,9,10). The number of halogens is 1. The fraction of sp³-hybridized carbons (Fsp3) is 0.714. The summed E-state index contributed by atoms with van der Waals surface area (Å²) in [5, 5.41) is 2.99. The van der Waals surface area contributed by atoms with Crippen LogP contribution >= 0.6 is 15.9 Å². The summed E-state index contributed by atoms with van der Waals surface area (Å²) >= 11 is 3.08. The molecule has 0 spiro atoms. The Morgan fingerprint density at radius 1 is 1.55 bits per heavy atom. The lowest BCUT2D eigenvalue weighted by Crippen LogP contribution is -2.42. The van der Waals surface area contributed by atoms with Gasteiger partial charge in [0.15, 0.2) is 5.78 Å². The van der Waals surface area contributed by atoms with Crippen molar-refractivity contribution in [1.82, 2.24) is 5.32 Å².